The van der Waals surface area contributed by atoms with E-state index >= 15 is 0 Å². The highest BCUT2D eigenvalue weighted by Gasteiger charge is 2.15. The highest BCUT2D eigenvalue weighted by Crippen LogP contribution is 2.19. The Labute approximate surface area is 125 Å². The summed E-state index contributed by atoms with van der Waals surface area (Å²) in [5.41, 5.74) is 2.78. The number of likely N-dealkylation sites (N-methyl/N-ethyl adjacent to an activating group) is 1. The Balaban J connectivity index is 2.14. The van der Waals surface area contributed by atoms with Crippen LogP contribution in [0.15, 0.2) is 30.3 Å². The average molecular weight is 288 g/mol. The van der Waals surface area contributed by atoms with E-state index in [9.17, 15) is 4.39 Å². The van der Waals surface area contributed by atoms with E-state index in [4.69, 9.17) is 0 Å². The molecule has 0 aliphatic rings. The molecule has 1 heterocycles. The number of aryl methyl sites for hydroxylation is 2. The summed E-state index contributed by atoms with van der Waals surface area (Å²) in [5, 5.41) is 3.24. The molecule has 0 radical (unpaired) electrons. The van der Waals surface area contributed by atoms with Crippen LogP contribution in [0.5, 0.6) is 0 Å². The standard InChI is InChI=1S/C16H21FN4/c1-11-8-12(2)20-16(19-11)18-10-15(21(3)4)13-6-5-7-14(17)9-13/h5-9,15H,10H2,1-4H3,(H,18,19,20). The van der Waals surface area contributed by atoms with Gasteiger partial charge in [-0.25, -0.2) is 14.4 Å². The first-order chi connectivity index (χ1) is 9.95. The van der Waals surface area contributed by atoms with Crippen LogP contribution in [0.4, 0.5) is 10.3 Å². The van der Waals surface area contributed by atoms with E-state index < -0.39 is 0 Å². The first-order valence-electron chi connectivity index (χ1n) is 6.94. The Morgan fingerprint density at radius 2 is 1.81 bits per heavy atom. The number of aromatic nitrogens is 2. The van der Waals surface area contributed by atoms with Crippen molar-refractivity contribution < 1.29 is 4.39 Å². The van der Waals surface area contributed by atoms with Crippen molar-refractivity contribution in [1.29, 1.82) is 0 Å². The van der Waals surface area contributed by atoms with Crippen molar-refractivity contribution in [1.82, 2.24) is 14.9 Å². The molecule has 0 bridgehead atoms. The first kappa shape index (κ1) is 15.4. The molecule has 1 atom stereocenters. The zero-order valence-corrected chi connectivity index (χ0v) is 12.9. The van der Waals surface area contributed by atoms with Crippen molar-refractivity contribution >= 4 is 5.95 Å². The normalized spacial score (nSPS) is 12.5. The lowest BCUT2D eigenvalue weighted by Gasteiger charge is -2.25. The molecule has 4 nitrogen and oxygen atoms in total. The number of hydrogen-bond donors (Lipinski definition) is 1. The van der Waals surface area contributed by atoms with Gasteiger partial charge in [0.05, 0.1) is 6.04 Å². The van der Waals surface area contributed by atoms with E-state index in [1.807, 2.05) is 45.0 Å². The smallest absolute Gasteiger partial charge is 0.223 e. The Kier molecular flexibility index (Phi) is 4.85. The number of benzene rings is 1. The fourth-order valence-corrected chi connectivity index (χ4v) is 2.31. The molecule has 1 aromatic heterocycles. The van der Waals surface area contributed by atoms with Gasteiger partial charge in [-0.1, -0.05) is 12.1 Å². The molecule has 2 rings (SSSR count). The Hall–Kier alpha value is -2.01. The quantitative estimate of drug-likeness (QED) is 0.918. The third-order valence-electron chi connectivity index (χ3n) is 3.29. The van der Waals surface area contributed by atoms with Gasteiger partial charge in [0.15, 0.2) is 0 Å². The second-order valence-electron chi connectivity index (χ2n) is 5.39. The van der Waals surface area contributed by atoms with Crippen molar-refractivity contribution in [2.75, 3.05) is 26.0 Å². The van der Waals surface area contributed by atoms with Gasteiger partial charge in [0.25, 0.3) is 0 Å². The molecule has 21 heavy (non-hydrogen) atoms. The minimum atomic E-state index is -0.220. The SMILES string of the molecule is Cc1cc(C)nc(NCC(c2cccc(F)c2)N(C)C)n1. The molecule has 0 aliphatic heterocycles. The number of nitrogens with one attached hydrogen (secondary N) is 1. The van der Waals surface area contributed by atoms with E-state index in [1.165, 1.54) is 6.07 Å². The second-order valence-corrected chi connectivity index (χ2v) is 5.39. The molecule has 2 aromatic rings. The summed E-state index contributed by atoms with van der Waals surface area (Å²) < 4.78 is 13.4. The molecule has 112 valence electrons. The van der Waals surface area contributed by atoms with Gasteiger partial charge in [0.1, 0.15) is 5.82 Å². The van der Waals surface area contributed by atoms with Gasteiger partial charge in [-0.3, -0.25) is 0 Å². The molecule has 5 heteroatoms. The van der Waals surface area contributed by atoms with Crippen molar-refractivity contribution in [3.8, 4) is 0 Å². The first-order valence-corrected chi connectivity index (χ1v) is 6.94. The predicted octanol–water partition coefficient (Wildman–Crippen LogP) is 2.95. The number of halogens is 1. The van der Waals surface area contributed by atoms with Gasteiger partial charge in [-0.2, -0.15) is 0 Å². The molecule has 0 amide bonds. The summed E-state index contributed by atoms with van der Waals surface area (Å²) >= 11 is 0. The van der Waals surface area contributed by atoms with Crippen LogP contribution < -0.4 is 5.32 Å². The zero-order valence-electron chi connectivity index (χ0n) is 12.9. The maximum Gasteiger partial charge on any atom is 0.223 e. The van der Waals surface area contributed by atoms with Crippen LogP contribution in [0.25, 0.3) is 0 Å². The topological polar surface area (TPSA) is 41.1 Å². The van der Waals surface area contributed by atoms with E-state index in [0.717, 1.165) is 17.0 Å². The lowest BCUT2D eigenvalue weighted by atomic mass is 10.1. The summed E-state index contributed by atoms with van der Waals surface area (Å²) in [5.74, 6) is 0.387. The van der Waals surface area contributed by atoms with Crippen LogP contribution in [0.3, 0.4) is 0 Å². The lowest BCUT2D eigenvalue weighted by Crippen LogP contribution is -2.27. The summed E-state index contributed by atoms with van der Waals surface area (Å²) in [7, 11) is 3.94. The van der Waals surface area contributed by atoms with Crippen molar-refractivity contribution in [3.05, 3.63) is 53.1 Å². The van der Waals surface area contributed by atoms with Crippen LogP contribution in [0.2, 0.25) is 0 Å². The Morgan fingerprint density at radius 1 is 1.14 bits per heavy atom. The summed E-state index contributed by atoms with van der Waals surface area (Å²) in [4.78, 5) is 10.8. The summed E-state index contributed by atoms with van der Waals surface area (Å²) in [6, 6.07) is 8.66. The van der Waals surface area contributed by atoms with Crippen LogP contribution in [0, 0.1) is 19.7 Å². The molecular weight excluding hydrogens is 267 g/mol. The van der Waals surface area contributed by atoms with E-state index in [0.29, 0.717) is 12.5 Å². The van der Waals surface area contributed by atoms with E-state index in [-0.39, 0.29) is 11.9 Å². The van der Waals surface area contributed by atoms with Gasteiger partial charge in [0, 0.05) is 17.9 Å². The van der Waals surface area contributed by atoms with Gasteiger partial charge in [-0.15, -0.1) is 0 Å². The summed E-state index contributed by atoms with van der Waals surface area (Å²) in [6.45, 7) is 4.49. The van der Waals surface area contributed by atoms with Gasteiger partial charge < -0.3 is 10.2 Å². The number of rotatable bonds is 5. The van der Waals surface area contributed by atoms with Gasteiger partial charge in [0.2, 0.25) is 5.95 Å². The highest BCUT2D eigenvalue weighted by atomic mass is 19.1. The molecular formula is C16H21FN4. The predicted molar refractivity (Wildman–Crippen MR) is 82.8 cm³/mol. The highest BCUT2D eigenvalue weighted by molar-refractivity contribution is 5.30. The van der Waals surface area contributed by atoms with Crippen molar-refractivity contribution in [2.24, 2.45) is 0 Å². The maximum absolute atomic E-state index is 13.4. The lowest BCUT2D eigenvalue weighted by molar-refractivity contribution is 0.310. The molecule has 0 fully saturated rings. The Bertz CT molecular complexity index is 593. The van der Waals surface area contributed by atoms with Crippen LogP contribution >= 0.6 is 0 Å². The fourth-order valence-electron chi connectivity index (χ4n) is 2.31. The number of hydrogen-bond acceptors (Lipinski definition) is 4. The molecule has 1 unspecified atom stereocenters. The van der Waals surface area contributed by atoms with Crippen LogP contribution in [0.1, 0.15) is 23.0 Å². The average Bonchev–Trinajstić information content (AvgIpc) is 2.37. The van der Waals surface area contributed by atoms with Gasteiger partial charge in [-0.05, 0) is 51.7 Å². The van der Waals surface area contributed by atoms with Crippen LogP contribution in [-0.4, -0.2) is 35.5 Å². The minimum absolute atomic E-state index is 0.0464. The number of anilines is 1. The molecule has 0 aliphatic carbocycles. The maximum atomic E-state index is 13.4. The largest absolute Gasteiger partial charge is 0.352 e. The minimum Gasteiger partial charge on any atom is -0.352 e. The third-order valence-corrected chi connectivity index (χ3v) is 3.29. The van der Waals surface area contributed by atoms with Crippen molar-refractivity contribution in [3.63, 3.8) is 0 Å². The van der Waals surface area contributed by atoms with E-state index in [2.05, 4.69) is 15.3 Å². The molecule has 0 saturated heterocycles. The van der Waals surface area contributed by atoms with Gasteiger partial charge >= 0.3 is 0 Å². The second kappa shape index (κ2) is 6.63. The van der Waals surface area contributed by atoms with E-state index in [1.54, 1.807) is 12.1 Å². The molecule has 1 aromatic carbocycles. The third kappa shape index (κ3) is 4.23. The zero-order chi connectivity index (χ0) is 15.4. The molecule has 1 N–H and O–H groups in total. The fraction of sp³-hybridized carbons (Fsp3) is 0.375. The summed E-state index contributed by atoms with van der Waals surface area (Å²) in [6.07, 6.45) is 0. The van der Waals surface area contributed by atoms with Crippen LogP contribution in [-0.2, 0) is 0 Å². The van der Waals surface area contributed by atoms with Crippen molar-refractivity contribution in [2.45, 2.75) is 19.9 Å². The monoisotopic (exact) mass is 288 g/mol. The molecule has 0 saturated carbocycles. The molecule has 0 spiro atoms. The number of nitrogens with zero attached hydrogens (tertiary/aromatic N) is 3. The Morgan fingerprint density at radius 3 is 2.38 bits per heavy atom.